The normalized spacial score (nSPS) is 20.1. The summed E-state index contributed by atoms with van der Waals surface area (Å²) in [5, 5.41) is 0. The number of hydrogen-bond acceptors (Lipinski definition) is 7. The van der Waals surface area contributed by atoms with Crippen LogP contribution in [0.4, 0.5) is 0 Å². The highest BCUT2D eigenvalue weighted by atomic mass is 16.6. The van der Waals surface area contributed by atoms with Crippen LogP contribution in [0, 0.1) is 0 Å². The van der Waals surface area contributed by atoms with Crippen LogP contribution in [0.5, 0.6) is 0 Å². The topological polar surface area (TPSA) is 74.3 Å². The van der Waals surface area contributed by atoms with Crippen molar-refractivity contribution in [2.45, 2.75) is 18.4 Å². The fourth-order valence-electron chi connectivity index (χ4n) is 3.72. The molecular weight excluding hydrogens is 422 g/mol. The monoisotopic (exact) mass is 451 g/mol. The molecule has 0 saturated heterocycles. The average Bonchev–Trinajstić information content (AvgIpc) is 2.86. The molecule has 2 aromatic carbocycles. The fourth-order valence-corrected chi connectivity index (χ4v) is 3.72. The molecule has 174 valence electrons. The van der Waals surface area contributed by atoms with Crippen molar-refractivity contribution in [3.05, 3.63) is 95.3 Å². The van der Waals surface area contributed by atoms with Crippen LogP contribution in [0.3, 0.4) is 0 Å². The Morgan fingerprint density at radius 1 is 0.970 bits per heavy atom. The number of nitrogens with zero attached hydrogens (tertiary/aromatic N) is 1. The molecule has 1 aliphatic carbocycles. The second-order valence-electron chi connectivity index (χ2n) is 7.72. The first-order valence-electron chi connectivity index (χ1n) is 10.5. The summed E-state index contributed by atoms with van der Waals surface area (Å²) in [6.45, 7) is -0.0594. The van der Waals surface area contributed by atoms with Crippen molar-refractivity contribution in [2.24, 2.45) is 0 Å². The SMILES string of the molecule is COC1=CC(C(=O)OCC(=O)c2ccccc2)=CC(OC)C1(OCc1ccccc1)N(C)C. The van der Waals surface area contributed by atoms with Crippen LogP contribution >= 0.6 is 0 Å². The molecule has 2 aromatic rings. The summed E-state index contributed by atoms with van der Waals surface area (Å²) in [6.07, 6.45) is 2.52. The van der Waals surface area contributed by atoms with Gasteiger partial charge in [0.25, 0.3) is 0 Å². The molecule has 3 rings (SSSR count). The van der Waals surface area contributed by atoms with Gasteiger partial charge in [-0.15, -0.1) is 0 Å². The third-order valence-corrected chi connectivity index (χ3v) is 5.46. The van der Waals surface area contributed by atoms with E-state index in [0.717, 1.165) is 5.56 Å². The predicted octanol–water partition coefficient (Wildman–Crippen LogP) is 3.37. The third-order valence-electron chi connectivity index (χ3n) is 5.46. The van der Waals surface area contributed by atoms with Crippen LogP contribution in [0.2, 0.25) is 0 Å². The Labute approximate surface area is 194 Å². The molecule has 7 nitrogen and oxygen atoms in total. The van der Waals surface area contributed by atoms with Crippen molar-refractivity contribution >= 4 is 11.8 Å². The van der Waals surface area contributed by atoms with E-state index in [0.29, 0.717) is 17.9 Å². The minimum atomic E-state index is -1.11. The van der Waals surface area contributed by atoms with E-state index in [1.807, 2.05) is 55.4 Å². The number of carbonyl (C=O) groups is 2. The van der Waals surface area contributed by atoms with Crippen molar-refractivity contribution in [2.75, 3.05) is 34.9 Å². The van der Waals surface area contributed by atoms with E-state index in [-0.39, 0.29) is 18.0 Å². The van der Waals surface area contributed by atoms with Gasteiger partial charge in [-0.05, 0) is 31.8 Å². The van der Waals surface area contributed by atoms with Crippen LogP contribution in [0.25, 0.3) is 0 Å². The summed E-state index contributed by atoms with van der Waals surface area (Å²) >= 11 is 0. The molecule has 0 bridgehead atoms. The highest BCUT2D eigenvalue weighted by molar-refractivity contribution is 5.99. The molecule has 0 radical (unpaired) electrons. The maximum atomic E-state index is 12.8. The first-order valence-corrected chi connectivity index (χ1v) is 10.5. The zero-order valence-electron chi connectivity index (χ0n) is 19.3. The van der Waals surface area contributed by atoms with Gasteiger partial charge in [0.05, 0.1) is 19.3 Å². The van der Waals surface area contributed by atoms with Gasteiger partial charge < -0.3 is 18.9 Å². The summed E-state index contributed by atoms with van der Waals surface area (Å²) < 4.78 is 23.0. The number of likely N-dealkylation sites (N-methyl/N-ethyl adjacent to an activating group) is 1. The van der Waals surface area contributed by atoms with Crippen molar-refractivity contribution < 1.29 is 28.5 Å². The summed E-state index contributed by atoms with van der Waals surface area (Å²) in [5.41, 5.74) is 0.577. The average molecular weight is 452 g/mol. The molecule has 2 unspecified atom stereocenters. The summed E-state index contributed by atoms with van der Waals surface area (Å²) in [5.74, 6) is -0.543. The fraction of sp³-hybridized carbons (Fsp3) is 0.308. The Balaban J connectivity index is 1.80. The van der Waals surface area contributed by atoms with Crippen molar-refractivity contribution in [3.8, 4) is 0 Å². The summed E-state index contributed by atoms with van der Waals surface area (Å²) in [7, 11) is 6.74. The van der Waals surface area contributed by atoms with Gasteiger partial charge in [-0.25, -0.2) is 4.79 Å². The number of carbonyl (C=O) groups excluding carboxylic acids is 2. The highest BCUT2D eigenvalue weighted by Crippen LogP contribution is 2.37. The molecule has 0 aliphatic heterocycles. The number of benzene rings is 2. The number of ether oxygens (including phenoxy) is 4. The van der Waals surface area contributed by atoms with Crippen molar-refractivity contribution in [1.29, 1.82) is 0 Å². The molecule has 0 N–H and O–H groups in total. The Hall–Kier alpha value is -3.26. The van der Waals surface area contributed by atoms with Gasteiger partial charge in [-0.3, -0.25) is 9.69 Å². The molecule has 0 spiro atoms. The number of rotatable bonds is 10. The molecule has 0 fully saturated rings. The number of esters is 1. The number of ketones is 1. The van der Waals surface area contributed by atoms with Crippen molar-refractivity contribution in [3.63, 3.8) is 0 Å². The lowest BCUT2D eigenvalue weighted by molar-refractivity contribution is -0.197. The van der Waals surface area contributed by atoms with E-state index >= 15 is 0 Å². The quantitative estimate of drug-likeness (QED) is 0.311. The Bertz CT molecular complexity index is 1020. The zero-order valence-corrected chi connectivity index (χ0v) is 19.3. The minimum absolute atomic E-state index is 0.223. The largest absolute Gasteiger partial charge is 0.496 e. The Kier molecular flexibility index (Phi) is 8.16. The number of Topliss-reactive ketones (excluding diaryl/α,β-unsaturated/α-hetero) is 1. The van der Waals surface area contributed by atoms with Gasteiger partial charge in [0.15, 0.2) is 12.4 Å². The maximum Gasteiger partial charge on any atom is 0.338 e. The second-order valence-corrected chi connectivity index (χ2v) is 7.72. The van der Waals surface area contributed by atoms with Crippen LogP contribution < -0.4 is 0 Å². The van der Waals surface area contributed by atoms with Gasteiger partial charge in [0.1, 0.15) is 11.9 Å². The van der Waals surface area contributed by atoms with E-state index < -0.39 is 17.8 Å². The maximum absolute atomic E-state index is 12.8. The number of methoxy groups -OCH3 is 2. The van der Waals surface area contributed by atoms with Crippen LogP contribution in [-0.2, 0) is 30.3 Å². The predicted molar refractivity (Wildman–Crippen MR) is 123 cm³/mol. The third kappa shape index (κ3) is 5.39. The molecule has 0 aromatic heterocycles. The van der Waals surface area contributed by atoms with E-state index in [2.05, 4.69) is 0 Å². The minimum Gasteiger partial charge on any atom is -0.496 e. The van der Waals surface area contributed by atoms with E-state index in [1.54, 1.807) is 36.4 Å². The number of hydrogen-bond donors (Lipinski definition) is 0. The molecule has 0 amide bonds. The zero-order chi connectivity index (χ0) is 23.8. The lowest BCUT2D eigenvalue weighted by atomic mass is 9.92. The van der Waals surface area contributed by atoms with E-state index in [1.165, 1.54) is 14.2 Å². The first-order chi connectivity index (χ1) is 15.9. The van der Waals surface area contributed by atoms with Gasteiger partial charge >= 0.3 is 5.97 Å². The lowest BCUT2D eigenvalue weighted by Gasteiger charge is -2.45. The standard InChI is InChI=1S/C26H29NO6/c1-27(2)26(33-17-19-11-7-5-8-12-19)23(30-3)15-21(16-24(26)31-4)25(29)32-18-22(28)20-13-9-6-10-14-20/h5-16,23H,17-18H2,1-4H3. The molecule has 0 saturated carbocycles. The van der Waals surface area contributed by atoms with Crippen LogP contribution in [0.15, 0.2) is 84.1 Å². The first kappa shape index (κ1) is 24.4. The summed E-state index contributed by atoms with van der Waals surface area (Å²) in [4.78, 5) is 26.9. The van der Waals surface area contributed by atoms with Crippen LogP contribution in [0.1, 0.15) is 15.9 Å². The highest BCUT2D eigenvalue weighted by Gasteiger charge is 2.49. The Morgan fingerprint density at radius 2 is 1.61 bits per heavy atom. The molecule has 2 atom stereocenters. The van der Waals surface area contributed by atoms with Gasteiger partial charge in [0, 0.05) is 12.7 Å². The molecular formula is C26H29NO6. The Morgan fingerprint density at radius 3 is 2.18 bits per heavy atom. The summed E-state index contributed by atoms with van der Waals surface area (Å²) in [6, 6.07) is 18.4. The van der Waals surface area contributed by atoms with Gasteiger partial charge in [0.2, 0.25) is 5.72 Å². The molecule has 0 heterocycles. The van der Waals surface area contributed by atoms with Gasteiger partial charge in [-0.2, -0.15) is 0 Å². The molecule has 1 aliphatic rings. The lowest BCUT2D eigenvalue weighted by Crippen LogP contribution is -2.58. The van der Waals surface area contributed by atoms with E-state index in [9.17, 15) is 9.59 Å². The van der Waals surface area contributed by atoms with Crippen molar-refractivity contribution in [1.82, 2.24) is 4.90 Å². The second kappa shape index (κ2) is 11.0. The van der Waals surface area contributed by atoms with E-state index in [4.69, 9.17) is 18.9 Å². The molecule has 7 heteroatoms. The molecule has 33 heavy (non-hydrogen) atoms. The van der Waals surface area contributed by atoms with Crippen LogP contribution in [-0.4, -0.2) is 63.4 Å². The van der Waals surface area contributed by atoms with Gasteiger partial charge in [-0.1, -0.05) is 60.7 Å². The smallest absolute Gasteiger partial charge is 0.338 e.